The maximum absolute atomic E-state index is 12.1. The number of esters is 1. The Labute approximate surface area is 219 Å². The average Bonchev–Trinajstić information content (AvgIpc) is 3.15. The van der Waals surface area contributed by atoms with Crippen LogP contribution < -0.4 is 0 Å². The van der Waals surface area contributed by atoms with Crippen molar-refractivity contribution in [2.75, 3.05) is 26.2 Å². The maximum atomic E-state index is 12.1. The van der Waals surface area contributed by atoms with Gasteiger partial charge in [0, 0.05) is 19.0 Å². The van der Waals surface area contributed by atoms with Gasteiger partial charge in [-0.05, 0) is 131 Å². The Morgan fingerprint density at radius 3 is 2.08 bits per heavy atom. The molecule has 36 heavy (non-hydrogen) atoms. The van der Waals surface area contributed by atoms with E-state index in [1.54, 1.807) is 6.92 Å². The molecular weight excluding hydrogens is 448 g/mol. The monoisotopic (exact) mass is 500 g/mol. The Bertz CT molecular complexity index is 808. The zero-order valence-electron chi connectivity index (χ0n) is 23.3. The molecule has 0 radical (unpaired) electrons. The molecule has 4 saturated carbocycles. The number of nitrogens with zero attached hydrogens (tertiary/aromatic N) is 2. The number of carbonyl (C=O) groups is 1. The van der Waals surface area contributed by atoms with Crippen molar-refractivity contribution in [2.24, 2.45) is 34.5 Å². The number of aliphatic hydroxyl groups excluding tert-OH is 1. The van der Waals surface area contributed by atoms with E-state index in [-0.39, 0.29) is 23.6 Å². The summed E-state index contributed by atoms with van der Waals surface area (Å²) in [6.07, 6.45) is 16.3. The van der Waals surface area contributed by atoms with E-state index in [0.29, 0.717) is 29.3 Å². The van der Waals surface area contributed by atoms with Crippen LogP contribution >= 0.6 is 0 Å². The van der Waals surface area contributed by atoms with Crippen molar-refractivity contribution in [1.82, 2.24) is 9.80 Å². The summed E-state index contributed by atoms with van der Waals surface area (Å²) < 4.78 is 6.05. The van der Waals surface area contributed by atoms with E-state index < -0.39 is 0 Å². The van der Waals surface area contributed by atoms with Crippen LogP contribution in [0.1, 0.15) is 104 Å². The maximum Gasteiger partial charge on any atom is 0.302 e. The predicted molar refractivity (Wildman–Crippen MR) is 142 cm³/mol. The van der Waals surface area contributed by atoms with Crippen LogP contribution in [-0.4, -0.2) is 71.3 Å². The van der Waals surface area contributed by atoms with Gasteiger partial charge in [-0.2, -0.15) is 0 Å². The standard InChI is InChI=1S/C31H52N2O3/c1-21(34)36-28-18-22-10-11-23-24(31(22,3)20-27(28)33-16-8-5-9-17-33)12-13-30(2)25(23)19-26(29(30)35)32-14-6-4-7-15-32/h22-29,35H,4-20H2,1-3H3/t22-,23+,24-,25-,26-,27-,28-,29+,30-,31-/m0/s1. The summed E-state index contributed by atoms with van der Waals surface area (Å²) in [6.45, 7) is 11.4. The zero-order chi connectivity index (χ0) is 25.1. The molecular formula is C31H52N2O3. The van der Waals surface area contributed by atoms with Gasteiger partial charge in [0.25, 0.3) is 0 Å². The normalized spacial score (nSPS) is 50.1. The molecule has 6 aliphatic rings. The molecule has 0 amide bonds. The third kappa shape index (κ3) is 4.18. The number of carbonyl (C=O) groups excluding carboxylic acids is 1. The SMILES string of the molecule is CC(=O)O[C@H]1C[C@@H]2CC[C@@H]3[C@H](CC[C@]4(C)[C@H](O)[C@@H](N5CCCCC5)C[C@@H]34)[C@@]2(C)C[C@@H]1N1CCCCC1. The number of likely N-dealkylation sites (tertiary alicyclic amines) is 2. The van der Waals surface area contributed by atoms with Crippen LogP contribution in [0.4, 0.5) is 0 Å². The zero-order valence-corrected chi connectivity index (χ0v) is 23.3. The second-order valence-electron chi connectivity index (χ2n) is 14.3. The minimum Gasteiger partial charge on any atom is -0.461 e. The molecule has 0 aromatic rings. The first-order valence-electron chi connectivity index (χ1n) is 15.6. The van der Waals surface area contributed by atoms with E-state index in [2.05, 4.69) is 23.6 Å². The van der Waals surface area contributed by atoms with Crippen molar-refractivity contribution in [3.05, 3.63) is 0 Å². The fourth-order valence-corrected chi connectivity index (χ4v) is 10.8. The van der Waals surface area contributed by atoms with E-state index in [1.165, 1.54) is 103 Å². The van der Waals surface area contributed by atoms with E-state index >= 15 is 0 Å². The van der Waals surface area contributed by atoms with Crippen LogP contribution in [0.5, 0.6) is 0 Å². The van der Waals surface area contributed by atoms with Gasteiger partial charge in [-0.25, -0.2) is 0 Å². The topological polar surface area (TPSA) is 53.0 Å². The summed E-state index contributed by atoms with van der Waals surface area (Å²) >= 11 is 0. The molecule has 2 aliphatic heterocycles. The average molecular weight is 501 g/mol. The van der Waals surface area contributed by atoms with Crippen LogP contribution in [-0.2, 0) is 9.53 Å². The highest BCUT2D eigenvalue weighted by molar-refractivity contribution is 5.66. The van der Waals surface area contributed by atoms with Crippen molar-refractivity contribution in [2.45, 2.75) is 129 Å². The first kappa shape index (κ1) is 25.6. The Kier molecular flexibility index (Phi) is 6.99. The van der Waals surface area contributed by atoms with Gasteiger partial charge in [-0.1, -0.05) is 26.7 Å². The Morgan fingerprint density at radius 2 is 1.44 bits per heavy atom. The molecule has 1 N–H and O–H groups in total. The van der Waals surface area contributed by atoms with Gasteiger partial charge < -0.3 is 9.84 Å². The number of rotatable bonds is 3. The van der Waals surface area contributed by atoms with Gasteiger partial charge in [0.1, 0.15) is 6.10 Å². The smallest absolute Gasteiger partial charge is 0.302 e. The summed E-state index contributed by atoms with van der Waals surface area (Å²) in [6, 6.07) is 0.767. The number of fused-ring (bicyclic) bond motifs is 5. The molecule has 5 nitrogen and oxygen atoms in total. The lowest BCUT2D eigenvalue weighted by Crippen LogP contribution is -2.61. The molecule has 0 aromatic carbocycles. The Hall–Kier alpha value is -0.650. The second kappa shape index (κ2) is 9.83. The van der Waals surface area contributed by atoms with Crippen molar-refractivity contribution >= 4 is 5.97 Å². The summed E-state index contributed by atoms with van der Waals surface area (Å²) in [5, 5.41) is 11.7. The number of ether oxygens (including phenoxy) is 1. The summed E-state index contributed by atoms with van der Waals surface area (Å²) in [4.78, 5) is 17.5. The summed E-state index contributed by atoms with van der Waals surface area (Å²) in [5.41, 5.74) is 0.421. The van der Waals surface area contributed by atoms with Gasteiger partial charge in [-0.15, -0.1) is 0 Å². The second-order valence-corrected chi connectivity index (χ2v) is 14.3. The van der Waals surface area contributed by atoms with Gasteiger partial charge >= 0.3 is 5.97 Å². The van der Waals surface area contributed by atoms with Crippen LogP contribution in [0.15, 0.2) is 0 Å². The van der Waals surface area contributed by atoms with Crippen LogP contribution in [0.25, 0.3) is 0 Å². The molecule has 6 rings (SSSR count). The lowest BCUT2D eigenvalue weighted by Gasteiger charge is -2.62. The molecule has 0 aromatic heterocycles. The fourth-order valence-electron chi connectivity index (χ4n) is 10.8. The van der Waals surface area contributed by atoms with Crippen LogP contribution in [0.3, 0.4) is 0 Å². The predicted octanol–water partition coefficient (Wildman–Crippen LogP) is 5.25. The highest BCUT2D eigenvalue weighted by atomic mass is 16.5. The van der Waals surface area contributed by atoms with E-state index in [9.17, 15) is 9.90 Å². The van der Waals surface area contributed by atoms with Crippen molar-refractivity contribution in [3.8, 4) is 0 Å². The molecule has 5 heteroatoms. The summed E-state index contributed by atoms with van der Waals surface area (Å²) in [5.74, 6) is 2.73. The van der Waals surface area contributed by atoms with Crippen molar-refractivity contribution < 1.29 is 14.6 Å². The van der Waals surface area contributed by atoms with Crippen LogP contribution in [0.2, 0.25) is 0 Å². The molecule has 0 bridgehead atoms. The highest BCUT2D eigenvalue weighted by Crippen LogP contribution is 2.67. The minimum atomic E-state index is -0.159. The van der Waals surface area contributed by atoms with Crippen molar-refractivity contribution in [3.63, 3.8) is 0 Å². The van der Waals surface area contributed by atoms with E-state index in [0.717, 1.165) is 18.3 Å². The Balaban J connectivity index is 1.25. The lowest BCUT2D eigenvalue weighted by molar-refractivity contribution is -0.176. The van der Waals surface area contributed by atoms with Crippen molar-refractivity contribution in [1.29, 1.82) is 0 Å². The number of hydrogen-bond acceptors (Lipinski definition) is 5. The molecule has 2 heterocycles. The molecule has 2 saturated heterocycles. The summed E-state index contributed by atoms with van der Waals surface area (Å²) in [7, 11) is 0. The fraction of sp³-hybridized carbons (Fsp3) is 0.968. The molecule has 10 atom stereocenters. The largest absolute Gasteiger partial charge is 0.461 e. The van der Waals surface area contributed by atoms with E-state index in [4.69, 9.17) is 4.74 Å². The van der Waals surface area contributed by atoms with Gasteiger partial charge in [-0.3, -0.25) is 14.6 Å². The number of piperidine rings is 2. The third-order valence-corrected chi connectivity index (χ3v) is 12.7. The third-order valence-electron chi connectivity index (χ3n) is 12.7. The minimum absolute atomic E-state index is 0.0702. The molecule has 0 spiro atoms. The lowest BCUT2D eigenvalue weighted by atomic mass is 9.44. The van der Waals surface area contributed by atoms with E-state index in [1.807, 2.05) is 0 Å². The molecule has 6 fully saturated rings. The Morgan fingerprint density at radius 1 is 0.806 bits per heavy atom. The number of hydrogen-bond donors (Lipinski definition) is 1. The molecule has 0 unspecified atom stereocenters. The first-order chi connectivity index (χ1) is 17.3. The molecule has 204 valence electrons. The number of aliphatic hydroxyl groups is 1. The van der Waals surface area contributed by atoms with Crippen LogP contribution in [0, 0.1) is 34.5 Å². The van der Waals surface area contributed by atoms with Gasteiger partial charge in [0.2, 0.25) is 0 Å². The highest BCUT2D eigenvalue weighted by Gasteiger charge is 2.64. The first-order valence-corrected chi connectivity index (χ1v) is 15.6. The van der Waals surface area contributed by atoms with Gasteiger partial charge in [0.05, 0.1) is 6.10 Å². The van der Waals surface area contributed by atoms with Gasteiger partial charge in [0.15, 0.2) is 0 Å². The molecule has 4 aliphatic carbocycles. The quantitative estimate of drug-likeness (QED) is 0.537.